The van der Waals surface area contributed by atoms with E-state index in [-0.39, 0.29) is 0 Å². The number of hydrogen-bond donors (Lipinski definition) is 1. The SMILES string of the molecule is CS(=O)(=O)CCC1CCN(c2cc(Cl)cc3[nH]ccc23)CC1. The number of aromatic nitrogens is 1. The second-order valence-electron chi connectivity index (χ2n) is 6.21. The lowest BCUT2D eigenvalue weighted by molar-refractivity contribution is 0.395. The second kappa shape index (κ2) is 6.13. The van der Waals surface area contributed by atoms with E-state index >= 15 is 0 Å². The Kier molecular flexibility index (Phi) is 4.37. The molecule has 1 aromatic carbocycles. The molecule has 2 heterocycles. The Balaban J connectivity index is 1.69. The maximum absolute atomic E-state index is 11.3. The van der Waals surface area contributed by atoms with Crippen LogP contribution in [0.25, 0.3) is 10.9 Å². The highest BCUT2D eigenvalue weighted by atomic mass is 35.5. The van der Waals surface area contributed by atoms with Crippen molar-refractivity contribution in [1.29, 1.82) is 0 Å². The summed E-state index contributed by atoms with van der Waals surface area (Å²) in [5, 5.41) is 1.93. The van der Waals surface area contributed by atoms with Crippen molar-refractivity contribution in [2.75, 3.05) is 30.0 Å². The van der Waals surface area contributed by atoms with Crippen molar-refractivity contribution in [2.24, 2.45) is 5.92 Å². The fourth-order valence-corrected chi connectivity index (χ4v) is 4.19. The van der Waals surface area contributed by atoms with Gasteiger partial charge in [0, 0.05) is 47.2 Å². The lowest BCUT2D eigenvalue weighted by atomic mass is 9.94. The van der Waals surface area contributed by atoms with Crippen molar-refractivity contribution in [3.8, 4) is 0 Å². The lowest BCUT2D eigenvalue weighted by Gasteiger charge is -2.34. The molecule has 0 unspecified atom stereocenters. The van der Waals surface area contributed by atoms with Gasteiger partial charge < -0.3 is 9.88 Å². The highest BCUT2D eigenvalue weighted by molar-refractivity contribution is 7.90. The van der Waals surface area contributed by atoms with Gasteiger partial charge in [0.1, 0.15) is 9.84 Å². The van der Waals surface area contributed by atoms with Gasteiger partial charge in [0.25, 0.3) is 0 Å². The van der Waals surface area contributed by atoms with Crippen LogP contribution in [0.15, 0.2) is 24.4 Å². The molecule has 1 saturated heterocycles. The molecule has 3 rings (SSSR count). The van der Waals surface area contributed by atoms with E-state index in [4.69, 9.17) is 11.6 Å². The molecule has 1 aliphatic rings. The zero-order valence-corrected chi connectivity index (χ0v) is 14.3. The van der Waals surface area contributed by atoms with Gasteiger partial charge in [0.15, 0.2) is 0 Å². The molecular weight excluding hydrogens is 320 g/mol. The Hall–Kier alpha value is -1.20. The maximum atomic E-state index is 11.3. The number of piperidine rings is 1. The predicted molar refractivity (Wildman–Crippen MR) is 92.6 cm³/mol. The summed E-state index contributed by atoms with van der Waals surface area (Å²) in [5.74, 6) is 0.809. The number of rotatable bonds is 4. The molecule has 22 heavy (non-hydrogen) atoms. The summed E-state index contributed by atoms with van der Waals surface area (Å²) in [6, 6.07) is 6.05. The van der Waals surface area contributed by atoms with Crippen LogP contribution in [0.2, 0.25) is 5.02 Å². The average molecular weight is 341 g/mol. The van der Waals surface area contributed by atoms with Crippen molar-refractivity contribution in [1.82, 2.24) is 4.98 Å². The molecule has 0 spiro atoms. The molecular formula is C16H21ClN2O2S. The summed E-state index contributed by atoms with van der Waals surface area (Å²) >= 11 is 6.22. The molecule has 0 bridgehead atoms. The molecule has 4 nitrogen and oxygen atoms in total. The third-order valence-electron chi connectivity index (χ3n) is 4.46. The number of anilines is 1. The number of nitrogens with zero attached hydrogens (tertiary/aromatic N) is 1. The Morgan fingerprint density at radius 2 is 2.05 bits per heavy atom. The van der Waals surface area contributed by atoms with Gasteiger partial charge in [-0.05, 0) is 43.4 Å². The average Bonchev–Trinajstić information content (AvgIpc) is 2.92. The highest BCUT2D eigenvalue weighted by Crippen LogP contribution is 2.33. The van der Waals surface area contributed by atoms with E-state index in [2.05, 4.69) is 16.0 Å². The minimum absolute atomic E-state index is 0.302. The molecule has 0 amide bonds. The van der Waals surface area contributed by atoms with Gasteiger partial charge in [-0.15, -0.1) is 0 Å². The van der Waals surface area contributed by atoms with E-state index in [1.807, 2.05) is 18.3 Å². The van der Waals surface area contributed by atoms with Crippen LogP contribution in [0.5, 0.6) is 0 Å². The van der Waals surface area contributed by atoms with Gasteiger partial charge in [-0.1, -0.05) is 11.6 Å². The molecule has 0 radical (unpaired) electrons. The first-order valence-electron chi connectivity index (χ1n) is 7.62. The fourth-order valence-electron chi connectivity index (χ4n) is 3.22. The molecule has 2 aromatic rings. The molecule has 1 fully saturated rings. The highest BCUT2D eigenvalue weighted by Gasteiger charge is 2.22. The number of halogens is 1. The first-order valence-corrected chi connectivity index (χ1v) is 10.1. The molecule has 0 aliphatic carbocycles. The second-order valence-corrected chi connectivity index (χ2v) is 8.91. The smallest absolute Gasteiger partial charge is 0.147 e. The van der Waals surface area contributed by atoms with E-state index in [0.29, 0.717) is 11.7 Å². The van der Waals surface area contributed by atoms with Crippen LogP contribution in [0.1, 0.15) is 19.3 Å². The van der Waals surface area contributed by atoms with Gasteiger partial charge in [-0.2, -0.15) is 0 Å². The Bertz CT molecular complexity index is 762. The first kappa shape index (κ1) is 15.7. The third-order valence-corrected chi connectivity index (χ3v) is 5.66. The number of benzene rings is 1. The summed E-state index contributed by atoms with van der Waals surface area (Å²) in [5.41, 5.74) is 2.23. The number of hydrogen-bond acceptors (Lipinski definition) is 3. The van der Waals surface area contributed by atoms with Crippen molar-refractivity contribution in [2.45, 2.75) is 19.3 Å². The van der Waals surface area contributed by atoms with Crippen LogP contribution in [0, 0.1) is 5.92 Å². The summed E-state index contributed by atoms with van der Waals surface area (Å²) < 4.78 is 22.6. The lowest BCUT2D eigenvalue weighted by Crippen LogP contribution is -2.34. The zero-order chi connectivity index (χ0) is 15.7. The Morgan fingerprint density at radius 3 is 2.73 bits per heavy atom. The van der Waals surface area contributed by atoms with E-state index in [0.717, 1.165) is 42.9 Å². The molecule has 0 saturated carbocycles. The van der Waals surface area contributed by atoms with Crippen LogP contribution in [-0.2, 0) is 9.84 Å². The summed E-state index contributed by atoms with van der Waals surface area (Å²) in [4.78, 5) is 5.57. The van der Waals surface area contributed by atoms with Crippen molar-refractivity contribution < 1.29 is 8.42 Å². The van der Waals surface area contributed by atoms with E-state index in [1.54, 1.807) is 0 Å². The van der Waals surface area contributed by atoms with E-state index in [1.165, 1.54) is 17.3 Å². The first-order chi connectivity index (χ1) is 10.4. The number of aromatic amines is 1. The summed E-state index contributed by atoms with van der Waals surface area (Å²) in [6.07, 6.45) is 6.10. The minimum Gasteiger partial charge on any atom is -0.371 e. The van der Waals surface area contributed by atoms with Crippen LogP contribution < -0.4 is 4.90 Å². The molecule has 0 atom stereocenters. The standard InChI is InChI=1S/C16H21ClN2O2S/c1-22(20,21)9-5-12-3-7-19(8-4-12)16-11-13(17)10-15-14(16)2-6-18-15/h2,6,10-12,18H,3-5,7-9H2,1H3. The third kappa shape index (κ3) is 3.58. The number of nitrogens with one attached hydrogen (secondary N) is 1. The summed E-state index contributed by atoms with van der Waals surface area (Å²) in [7, 11) is -2.85. The Morgan fingerprint density at radius 1 is 1.32 bits per heavy atom. The quantitative estimate of drug-likeness (QED) is 0.927. The Labute approximate surface area is 136 Å². The molecule has 6 heteroatoms. The zero-order valence-electron chi connectivity index (χ0n) is 12.7. The van der Waals surface area contributed by atoms with Crippen LogP contribution >= 0.6 is 11.6 Å². The van der Waals surface area contributed by atoms with Crippen molar-refractivity contribution in [3.05, 3.63) is 29.4 Å². The van der Waals surface area contributed by atoms with Crippen LogP contribution in [0.4, 0.5) is 5.69 Å². The topological polar surface area (TPSA) is 53.2 Å². The normalized spacial score (nSPS) is 17.3. The van der Waals surface area contributed by atoms with Gasteiger partial charge in [0.05, 0.1) is 5.75 Å². The van der Waals surface area contributed by atoms with Gasteiger partial charge in [0.2, 0.25) is 0 Å². The van der Waals surface area contributed by atoms with Crippen molar-refractivity contribution >= 4 is 38.0 Å². The predicted octanol–water partition coefficient (Wildman–Crippen LogP) is 3.47. The van der Waals surface area contributed by atoms with Crippen molar-refractivity contribution in [3.63, 3.8) is 0 Å². The molecule has 1 N–H and O–H groups in total. The van der Waals surface area contributed by atoms with E-state index < -0.39 is 9.84 Å². The number of H-pyrrole nitrogens is 1. The largest absolute Gasteiger partial charge is 0.371 e. The van der Waals surface area contributed by atoms with Crippen LogP contribution in [0.3, 0.4) is 0 Å². The maximum Gasteiger partial charge on any atom is 0.147 e. The molecule has 120 valence electrons. The van der Waals surface area contributed by atoms with Gasteiger partial charge in [-0.25, -0.2) is 8.42 Å². The number of sulfone groups is 1. The van der Waals surface area contributed by atoms with Crippen LogP contribution in [-0.4, -0.2) is 38.5 Å². The van der Waals surface area contributed by atoms with Gasteiger partial charge in [-0.3, -0.25) is 0 Å². The monoisotopic (exact) mass is 340 g/mol. The minimum atomic E-state index is -2.85. The fraction of sp³-hybridized carbons (Fsp3) is 0.500. The summed E-state index contributed by atoms with van der Waals surface area (Å²) in [6.45, 7) is 1.91. The molecule has 1 aliphatic heterocycles. The van der Waals surface area contributed by atoms with E-state index in [9.17, 15) is 8.42 Å². The van der Waals surface area contributed by atoms with Gasteiger partial charge >= 0.3 is 0 Å². The number of fused-ring (bicyclic) bond motifs is 1. The molecule has 1 aromatic heterocycles.